The first-order valence-corrected chi connectivity index (χ1v) is 3.09. The molecule has 0 fully saturated rings. The molecule has 0 amide bonds. The first-order valence-electron chi connectivity index (χ1n) is 3.09. The normalized spacial score (nSPS) is 8.62. The van der Waals surface area contributed by atoms with Gasteiger partial charge >= 0.3 is 24.8 Å². The van der Waals surface area contributed by atoms with E-state index in [1.54, 1.807) is 0 Å². The van der Waals surface area contributed by atoms with Gasteiger partial charge in [-0.05, 0) is 6.07 Å². The Balaban J connectivity index is 0. The summed E-state index contributed by atoms with van der Waals surface area (Å²) in [6.45, 7) is 0. The van der Waals surface area contributed by atoms with Crippen LogP contribution < -0.4 is 18.9 Å². The Bertz CT molecular complexity index is 311. The minimum Gasteiger partial charge on any atom is -1.00 e. The number of nitro benzene ring substituents is 1. The number of nitro groups is 1. The van der Waals surface area contributed by atoms with Crippen molar-refractivity contribution in [2.45, 2.75) is 0 Å². The smallest absolute Gasteiger partial charge is 1.00 e. The molecule has 0 aliphatic carbocycles. The fraction of sp³-hybridized carbons (Fsp3) is 0. The largest absolute Gasteiger partial charge is 1.00 e. The van der Waals surface area contributed by atoms with Gasteiger partial charge < -0.3 is 6.53 Å². The van der Waals surface area contributed by atoms with Gasteiger partial charge in [-0.1, -0.05) is 12.1 Å². The molecule has 1 aromatic carbocycles. The van der Waals surface area contributed by atoms with E-state index in [4.69, 9.17) is 5.11 Å². The van der Waals surface area contributed by atoms with E-state index in [0.29, 0.717) is 0 Å². The van der Waals surface area contributed by atoms with Crippen molar-refractivity contribution in [1.29, 1.82) is 0 Å². The van der Waals surface area contributed by atoms with Crippen LogP contribution in [0.15, 0.2) is 24.3 Å². The van der Waals surface area contributed by atoms with Crippen LogP contribution in [0.1, 0.15) is 11.8 Å². The predicted molar refractivity (Wildman–Crippen MR) is 41.2 cm³/mol. The Morgan fingerprint density at radius 1 is 1.46 bits per heavy atom. The number of aromatic carboxylic acids is 1. The number of hydrogen-bond acceptors (Lipinski definition) is 3. The predicted octanol–water partition coefficient (Wildman–Crippen LogP) is -1.59. The third-order valence-electron chi connectivity index (χ3n) is 1.33. The SMILES string of the molecule is O=C(O)c1ccccc1[N+](=O)[O-].[H-].[Li+]. The molecule has 1 N–H and O–H groups in total. The van der Waals surface area contributed by atoms with E-state index in [2.05, 4.69) is 0 Å². The Morgan fingerprint density at radius 3 is 2.38 bits per heavy atom. The van der Waals surface area contributed by atoms with Crippen LogP contribution in [0.25, 0.3) is 0 Å². The quantitative estimate of drug-likeness (QED) is 0.334. The molecule has 6 heteroatoms. The summed E-state index contributed by atoms with van der Waals surface area (Å²) in [7, 11) is 0. The molecule has 0 atom stereocenters. The van der Waals surface area contributed by atoms with Crippen LogP contribution in [0.2, 0.25) is 0 Å². The van der Waals surface area contributed by atoms with E-state index < -0.39 is 10.9 Å². The zero-order chi connectivity index (χ0) is 9.14. The fourth-order valence-corrected chi connectivity index (χ4v) is 0.814. The molecule has 5 nitrogen and oxygen atoms in total. The maximum absolute atomic E-state index is 10.4. The molecule has 0 heterocycles. The van der Waals surface area contributed by atoms with Gasteiger partial charge in [-0.2, -0.15) is 0 Å². The van der Waals surface area contributed by atoms with Crippen molar-refractivity contribution in [1.82, 2.24) is 0 Å². The van der Waals surface area contributed by atoms with Crippen LogP contribution in [-0.2, 0) is 0 Å². The van der Waals surface area contributed by atoms with Crippen LogP contribution in [0.3, 0.4) is 0 Å². The van der Waals surface area contributed by atoms with Gasteiger partial charge in [-0.3, -0.25) is 10.1 Å². The van der Waals surface area contributed by atoms with Crippen molar-refractivity contribution in [3.8, 4) is 0 Å². The maximum atomic E-state index is 10.4. The van der Waals surface area contributed by atoms with Crippen molar-refractivity contribution in [3.63, 3.8) is 0 Å². The van der Waals surface area contributed by atoms with Crippen molar-refractivity contribution in [2.24, 2.45) is 0 Å². The van der Waals surface area contributed by atoms with Crippen LogP contribution in [0.5, 0.6) is 0 Å². The summed E-state index contributed by atoms with van der Waals surface area (Å²) in [6.07, 6.45) is 0. The van der Waals surface area contributed by atoms with E-state index >= 15 is 0 Å². The zero-order valence-corrected chi connectivity index (χ0v) is 6.93. The van der Waals surface area contributed by atoms with Crippen LogP contribution >= 0.6 is 0 Å². The Hall–Kier alpha value is -1.31. The number of carboxylic acids is 1. The zero-order valence-electron chi connectivity index (χ0n) is 7.93. The minimum absolute atomic E-state index is 0. The Kier molecular flexibility index (Phi) is 4.18. The second kappa shape index (κ2) is 4.65. The van der Waals surface area contributed by atoms with Crippen LogP contribution in [-0.4, -0.2) is 16.0 Å². The average molecular weight is 175 g/mol. The number of carboxylic acid groups (broad SMARTS) is 1. The van der Waals surface area contributed by atoms with E-state index in [0.717, 1.165) is 6.07 Å². The van der Waals surface area contributed by atoms with Gasteiger partial charge in [0.15, 0.2) is 0 Å². The summed E-state index contributed by atoms with van der Waals surface area (Å²) >= 11 is 0. The third kappa shape index (κ3) is 2.58. The molecular formula is C7H6LiNO4. The molecule has 0 aliphatic rings. The number of hydrogen-bond donors (Lipinski definition) is 1. The molecule has 0 saturated carbocycles. The summed E-state index contributed by atoms with van der Waals surface area (Å²) in [4.78, 5) is 20.0. The van der Waals surface area contributed by atoms with E-state index in [-0.39, 0.29) is 31.5 Å². The minimum atomic E-state index is -1.29. The topological polar surface area (TPSA) is 80.4 Å². The molecule has 0 unspecified atom stereocenters. The van der Waals surface area contributed by atoms with Gasteiger partial charge in [0, 0.05) is 6.07 Å². The monoisotopic (exact) mass is 175 g/mol. The van der Waals surface area contributed by atoms with E-state index in [1.165, 1.54) is 18.2 Å². The molecule has 0 bridgehead atoms. The molecule has 1 rings (SSSR count). The van der Waals surface area contributed by atoms with Gasteiger partial charge in [0.2, 0.25) is 0 Å². The van der Waals surface area contributed by atoms with Crippen LogP contribution in [0, 0.1) is 10.1 Å². The summed E-state index contributed by atoms with van der Waals surface area (Å²) in [5, 5.41) is 18.8. The molecule has 0 radical (unpaired) electrons. The molecule has 13 heavy (non-hydrogen) atoms. The number of benzene rings is 1. The molecule has 0 aromatic heterocycles. The molecule has 1 aromatic rings. The molecule has 0 spiro atoms. The average Bonchev–Trinajstić information content (AvgIpc) is 2.04. The summed E-state index contributed by atoms with van der Waals surface area (Å²) in [6, 6.07) is 5.21. The van der Waals surface area contributed by atoms with Crippen molar-refractivity contribution >= 4 is 11.7 Å². The molecule has 0 saturated heterocycles. The maximum Gasteiger partial charge on any atom is 1.00 e. The van der Waals surface area contributed by atoms with Crippen molar-refractivity contribution in [2.75, 3.05) is 0 Å². The number of rotatable bonds is 2. The third-order valence-corrected chi connectivity index (χ3v) is 1.33. The molecule has 64 valence electrons. The second-order valence-electron chi connectivity index (χ2n) is 2.08. The molecular weight excluding hydrogens is 169 g/mol. The van der Waals surface area contributed by atoms with Crippen molar-refractivity contribution < 1.29 is 35.1 Å². The van der Waals surface area contributed by atoms with Crippen molar-refractivity contribution in [3.05, 3.63) is 39.9 Å². The van der Waals surface area contributed by atoms with Crippen LogP contribution in [0.4, 0.5) is 5.69 Å². The first-order chi connectivity index (χ1) is 5.63. The van der Waals surface area contributed by atoms with Gasteiger partial charge in [0.05, 0.1) is 4.92 Å². The second-order valence-corrected chi connectivity index (χ2v) is 2.08. The number of para-hydroxylation sites is 1. The molecule has 0 aliphatic heterocycles. The van der Waals surface area contributed by atoms with Gasteiger partial charge in [0.25, 0.3) is 5.69 Å². The Labute approximate surface area is 87.2 Å². The van der Waals surface area contributed by atoms with Gasteiger partial charge in [-0.15, -0.1) is 0 Å². The van der Waals surface area contributed by atoms with Gasteiger partial charge in [-0.25, -0.2) is 4.79 Å². The standard InChI is InChI=1S/C7H5NO4.Li.H/c9-7(10)5-3-1-2-4-6(5)8(11)12;;/h1-4H,(H,9,10);;/q;+1;-1. The van der Waals surface area contributed by atoms with Gasteiger partial charge in [0.1, 0.15) is 5.56 Å². The van der Waals surface area contributed by atoms with E-state index in [1.807, 2.05) is 0 Å². The summed E-state index contributed by atoms with van der Waals surface area (Å²) < 4.78 is 0. The van der Waals surface area contributed by atoms with E-state index in [9.17, 15) is 14.9 Å². The summed E-state index contributed by atoms with van der Waals surface area (Å²) in [5.74, 6) is -1.29. The first kappa shape index (κ1) is 11.7. The summed E-state index contributed by atoms with van der Waals surface area (Å²) in [5.41, 5.74) is -0.674. The number of carbonyl (C=O) groups is 1. The Morgan fingerprint density at radius 2 is 2.00 bits per heavy atom. The fourth-order valence-electron chi connectivity index (χ4n) is 0.814. The number of nitrogens with zero attached hydrogens (tertiary/aromatic N) is 1.